The minimum atomic E-state index is -3.63. The van der Waals surface area contributed by atoms with Crippen molar-refractivity contribution in [3.63, 3.8) is 0 Å². The molecule has 29 heavy (non-hydrogen) atoms. The summed E-state index contributed by atoms with van der Waals surface area (Å²) in [6.45, 7) is 4.41. The molecule has 0 spiro atoms. The van der Waals surface area contributed by atoms with E-state index in [1.165, 1.54) is 28.6 Å². The van der Waals surface area contributed by atoms with Gasteiger partial charge in [-0.15, -0.1) is 0 Å². The second-order valence-electron chi connectivity index (χ2n) is 7.06. The molecule has 0 radical (unpaired) electrons. The van der Waals surface area contributed by atoms with Crippen molar-refractivity contribution in [2.45, 2.75) is 31.6 Å². The largest absolute Gasteiger partial charge is 0.452 e. The highest BCUT2D eigenvalue weighted by molar-refractivity contribution is 7.89. The Hall–Kier alpha value is -2.71. The number of aryl methyl sites for hydroxylation is 2. The van der Waals surface area contributed by atoms with Gasteiger partial charge in [-0.05, 0) is 68.1 Å². The fourth-order valence-electron chi connectivity index (χ4n) is 3.09. The van der Waals surface area contributed by atoms with Gasteiger partial charge < -0.3 is 10.1 Å². The van der Waals surface area contributed by atoms with Gasteiger partial charge in [-0.2, -0.15) is 4.31 Å². The van der Waals surface area contributed by atoms with Crippen LogP contribution in [0.4, 0.5) is 5.69 Å². The van der Waals surface area contributed by atoms with E-state index in [0.29, 0.717) is 18.8 Å². The van der Waals surface area contributed by atoms with Gasteiger partial charge in [0.1, 0.15) is 0 Å². The number of nitrogens with one attached hydrogen (secondary N) is 1. The zero-order valence-electron chi connectivity index (χ0n) is 16.5. The highest BCUT2D eigenvalue weighted by atomic mass is 32.2. The van der Waals surface area contributed by atoms with Crippen LogP contribution in [0.5, 0.6) is 0 Å². The molecule has 8 heteroatoms. The molecule has 7 nitrogen and oxygen atoms in total. The normalized spacial score (nSPS) is 14.6. The molecule has 1 aliphatic rings. The van der Waals surface area contributed by atoms with Crippen LogP contribution in [0, 0.1) is 13.8 Å². The Morgan fingerprint density at radius 2 is 1.76 bits per heavy atom. The number of carbonyl (C=O) groups excluding carboxylic acids is 2. The van der Waals surface area contributed by atoms with Crippen LogP contribution < -0.4 is 5.32 Å². The zero-order chi connectivity index (χ0) is 21.0. The Morgan fingerprint density at radius 1 is 1.03 bits per heavy atom. The second-order valence-corrected chi connectivity index (χ2v) is 9.00. The Kier molecular flexibility index (Phi) is 6.34. The van der Waals surface area contributed by atoms with Crippen LogP contribution in [0.1, 0.15) is 34.3 Å². The van der Waals surface area contributed by atoms with Crippen molar-refractivity contribution >= 4 is 27.6 Å². The number of benzene rings is 2. The summed E-state index contributed by atoms with van der Waals surface area (Å²) >= 11 is 0. The van der Waals surface area contributed by atoms with Gasteiger partial charge in [0, 0.05) is 18.8 Å². The smallest absolute Gasteiger partial charge is 0.338 e. The maximum absolute atomic E-state index is 12.6. The number of carbonyl (C=O) groups is 2. The number of ether oxygens (including phenoxy) is 1. The highest BCUT2D eigenvalue weighted by Crippen LogP contribution is 2.22. The van der Waals surface area contributed by atoms with Gasteiger partial charge in [-0.25, -0.2) is 13.2 Å². The molecule has 2 aromatic rings. The fourth-order valence-corrected chi connectivity index (χ4v) is 4.66. The second kappa shape index (κ2) is 8.75. The molecule has 1 amide bonds. The summed E-state index contributed by atoms with van der Waals surface area (Å²) in [7, 11) is -3.63. The van der Waals surface area contributed by atoms with Gasteiger partial charge in [-0.3, -0.25) is 4.79 Å². The minimum absolute atomic E-state index is 0.0495. The van der Waals surface area contributed by atoms with Crippen LogP contribution >= 0.6 is 0 Å². The first-order valence-corrected chi connectivity index (χ1v) is 10.9. The van der Waals surface area contributed by atoms with E-state index in [1.807, 2.05) is 26.0 Å². The predicted molar refractivity (Wildman–Crippen MR) is 109 cm³/mol. The third kappa shape index (κ3) is 5.02. The molecule has 1 N–H and O–H groups in total. The molecule has 3 rings (SSSR count). The first-order valence-electron chi connectivity index (χ1n) is 9.42. The number of anilines is 1. The van der Waals surface area contributed by atoms with E-state index in [-0.39, 0.29) is 10.5 Å². The van der Waals surface area contributed by atoms with Gasteiger partial charge in [0.15, 0.2) is 6.61 Å². The van der Waals surface area contributed by atoms with Gasteiger partial charge >= 0.3 is 5.97 Å². The summed E-state index contributed by atoms with van der Waals surface area (Å²) in [4.78, 5) is 24.4. The number of hydrogen-bond acceptors (Lipinski definition) is 5. The summed E-state index contributed by atoms with van der Waals surface area (Å²) in [6.07, 6.45) is 1.66. The van der Waals surface area contributed by atoms with E-state index in [0.717, 1.165) is 24.0 Å². The van der Waals surface area contributed by atoms with Crippen molar-refractivity contribution < 1.29 is 22.7 Å². The maximum atomic E-state index is 12.6. The topological polar surface area (TPSA) is 92.8 Å². The van der Waals surface area contributed by atoms with Crippen molar-refractivity contribution in [2.24, 2.45) is 0 Å². The first-order chi connectivity index (χ1) is 13.8. The molecule has 0 atom stereocenters. The van der Waals surface area contributed by atoms with Crippen LogP contribution in [0.2, 0.25) is 0 Å². The van der Waals surface area contributed by atoms with E-state index in [1.54, 1.807) is 6.07 Å². The number of sulfonamides is 1. The number of nitrogens with zero attached hydrogens (tertiary/aromatic N) is 1. The summed E-state index contributed by atoms with van der Waals surface area (Å²) < 4.78 is 31.7. The molecule has 0 aromatic heterocycles. The fraction of sp³-hybridized carbons (Fsp3) is 0.333. The maximum Gasteiger partial charge on any atom is 0.338 e. The van der Waals surface area contributed by atoms with Crippen LogP contribution in [0.15, 0.2) is 47.4 Å². The Morgan fingerprint density at radius 3 is 2.45 bits per heavy atom. The van der Waals surface area contributed by atoms with Crippen LogP contribution in [0.3, 0.4) is 0 Å². The molecule has 2 aromatic carbocycles. The average Bonchev–Trinajstić information content (AvgIpc) is 3.25. The standard InChI is InChI=1S/C21H24N2O5S/c1-15-8-9-18(12-16(15)2)22-20(24)14-28-21(25)17-6-5-7-19(13-17)29(26,27)23-10-3-4-11-23/h5-9,12-13H,3-4,10-11,14H2,1-2H3,(H,22,24). The third-order valence-electron chi connectivity index (χ3n) is 4.90. The van der Waals surface area contributed by atoms with Crippen LogP contribution in [-0.4, -0.2) is 44.3 Å². The molecule has 0 bridgehead atoms. The summed E-state index contributed by atoms with van der Waals surface area (Å²) in [6, 6.07) is 11.2. The Balaban J connectivity index is 1.62. The lowest BCUT2D eigenvalue weighted by Gasteiger charge is -2.15. The van der Waals surface area contributed by atoms with E-state index >= 15 is 0 Å². The van der Waals surface area contributed by atoms with Crippen molar-refractivity contribution in [1.82, 2.24) is 4.31 Å². The predicted octanol–water partition coefficient (Wildman–Crippen LogP) is 2.88. The monoisotopic (exact) mass is 416 g/mol. The molecule has 154 valence electrons. The number of rotatable bonds is 6. The Labute approximate surface area is 170 Å². The third-order valence-corrected chi connectivity index (χ3v) is 6.79. The first kappa shape index (κ1) is 21.0. The lowest BCUT2D eigenvalue weighted by Crippen LogP contribution is -2.28. The molecular formula is C21H24N2O5S. The zero-order valence-corrected chi connectivity index (χ0v) is 17.3. The van der Waals surface area contributed by atoms with Gasteiger partial charge in [-0.1, -0.05) is 12.1 Å². The molecule has 1 fully saturated rings. The van der Waals surface area contributed by atoms with Gasteiger partial charge in [0.05, 0.1) is 10.5 Å². The van der Waals surface area contributed by atoms with Crippen molar-refractivity contribution in [2.75, 3.05) is 25.0 Å². The molecule has 0 aliphatic carbocycles. The van der Waals surface area contributed by atoms with E-state index in [2.05, 4.69) is 5.32 Å². The molecule has 0 saturated carbocycles. The number of esters is 1. The molecule has 0 unspecified atom stereocenters. The lowest BCUT2D eigenvalue weighted by atomic mass is 10.1. The summed E-state index contributed by atoms with van der Waals surface area (Å²) in [5.41, 5.74) is 2.85. The summed E-state index contributed by atoms with van der Waals surface area (Å²) in [5.74, 6) is -1.22. The lowest BCUT2D eigenvalue weighted by molar-refractivity contribution is -0.119. The minimum Gasteiger partial charge on any atom is -0.452 e. The summed E-state index contributed by atoms with van der Waals surface area (Å²) in [5, 5.41) is 2.67. The highest BCUT2D eigenvalue weighted by Gasteiger charge is 2.27. The number of hydrogen-bond donors (Lipinski definition) is 1. The average molecular weight is 416 g/mol. The van der Waals surface area contributed by atoms with E-state index in [4.69, 9.17) is 4.74 Å². The van der Waals surface area contributed by atoms with Crippen LogP contribution in [-0.2, 0) is 19.6 Å². The quantitative estimate of drug-likeness (QED) is 0.731. The van der Waals surface area contributed by atoms with E-state index in [9.17, 15) is 18.0 Å². The van der Waals surface area contributed by atoms with Crippen molar-refractivity contribution in [1.29, 1.82) is 0 Å². The SMILES string of the molecule is Cc1ccc(NC(=O)COC(=O)c2cccc(S(=O)(=O)N3CCCC3)c2)cc1C. The molecule has 1 heterocycles. The molecule has 1 saturated heterocycles. The van der Waals surface area contributed by atoms with Crippen molar-refractivity contribution in [3.05, 3.63) is 59.2 Å². The van der Waals surface area contributed by atoms with Crippen molar-refractivity contribution in [3.8, 4) is 0 Å². The van der Waals surface area contributed by atoms with Crippen LogP contribution in [0.25, 0.3) is 0 Å². The Bertz CT molecular complexity index is 1030. The molecular weight excluding hydrogens is 392 g/mol. The number of amides is 1. The van der Waals surface area contributed by atoms with E-state index < -0.39 is 28.5 Å². The molecule has 1 aliphatic heterocycles. The van der Waals surface area contributed by atoms with Gasteiger partial charge in [0.25, 0.3) is 5.91 Å². The van der Waals surface area contributed by atoms with Gasteiger partial charge in [0.2, 0.25) is 10.0 Å².